The third kappa shape index (κ3) is 4.91. The Hall–Kier alpha value is -1.38. The van der Waals surface area contributed by atoms with E-state index in [2.05, 4.69) is 0 Å². The molecule has 88 valence electrons. The number of esters is 1. The number of carbonyl (C=O) groups excluding carboxylic acids is 1. The maximum atomic E-state index is 12.6. The summed E-state index contributed by atoms with van der Waals surface area (Å²) in [5, 5.41) is 0. The first-order valence-electron chi connectivity index (χ1n) is 5.62. The molecule has 0 bridgehead atoms. The Kier molecular flexibility index (Phi) is 5.54. The molecular weight excluding hydrogens is 207 g/mol. The molecule has 0 radical (unpaired) electrons. The van der Waals surface area contributed by atoms with Crippen LogP contribution in [-0.2, 0) is 16.0 Å². The Bertz CT molecular complexity index is 319. The maximum Gasteiger partial charge on any atom is 0.305 e. The van der Waals surface area contributed by atoms with Gasteiger partial charge in [-0.1, -0.05) is 12.1 Å². The summed E-state index contributed by atoms with van der Waals surface area (Å²) in [5.74, 6) is -0.350. The normalized spacial score (nSPS) is 10.1. The average molecular weight is 224 g/mol. The lowest BCUT2D eigenvalue weighted by atomic mass is 10.1. The van der Waals surface area contributed by atoms with Crippen LogP contribution in [0.3, 0.4) is 0 Å². The van der Waals surface area contributed by atoms with Gasteiger partial charge in [-0.2, -0.15) is 0 Å². The van der Waals surface area contributed by atoms with E-state index in [1.807, 2.05) is 0 Å². The molecule has 0 fully saturated rings. The molecule has 0 atom stereocenters. The number of unbranched alkanes of at least 4 members (excludes halogenated alkanes) is 1. The maximum absolute atomic E-state index is 12.6. The molecule has 1 aromatic rings. The molecule has 0 aromatic heterocycles. The van der Waals surface area contributed by atoms with Crippen molar-refractivity contribution in [2.75, 3.05) is 6.61 Å². The van der Waals surface area contributed by atoms with Gasteiger partial charge in [0.05, 0.1) is 6.61 Å². The molecule has 3 heteroatoms. The van der Waals surface area contributed by atoms with E-state index in [0.717, 1.165) is 24.8 Å². The zero-order valence-corrected chi connectivity index (χ0v) is 9.54. The van der Waals surface area contributed by atoms with Crippen LogP contribution in [0.5, 0.6) is 0 Å². The lowest BCUT2D eigenvalue weighted by molar-refractivity contribution is -0.143. The smallest absolute Gasteiger partial charge is 0.305 e. The molecule has 0 aliphatic rings. The van der Waals surface area contributed by atoms with Crippen molar-refractivity contribution in [2.45, 2.75) is 32.6 Å². The first-order chi connectivity index (χ1) is 7.72. The summed E-state index contributed by atoms with van der Waals surface area (Å²) in [6.45, 7) is 2.24. The number of hydrogen-bond donors (Lipinski definition) is 0. The van der Waals surface area contributed by atoms with Gasteiger partial charge >= 0.3 is 5.97 Å². The quantitative estimate of drug-likeness (QED) is 0.548. The minimum Gasteiger partial charge on any atom is -0.466 e. The Morgan fingerprint density at radius 3 is 2.56 bits per heavy atom. The summed E-state index contributed by atoms with van der Waals surface area (Å²) in [5.41, 5.74) is 1.10. The minimum absolute atomic E-state index is 0.137. The largest absolute Gasteiger partial charge is 0.466 e. The highest BCUT2D eigenvalue weighted by Crippen LogP contribution is 2.08. The zero-order valence-electron chi connectivity index (χ0n) is 9.54. The van der Waals surface area contributed by atoms with Gasteiger partial charge in [-0.05, 0) is 43.9 Å². The number of rotatable bonds is 6. The average Bonchev–Trinajstić information content (AvgIpc) is 2.27. The summed E-state index contributed by atoms with van der Waals surface area (Å²) in [6.07, 6.45) is 3.08. The molecule has 0 aliphatic carbocycles. The molecule has 1 rings (SSSR count). The summed E-state index contributed by atoms with van der Waals surface area (Å²) < 4.78 is 17.4. The van der Waals surface area contributed by atoms with Crippen LogP contribution >= 0.6 is 0 Å². The first-order valence-corrected chi connectivity index (χ1v) is 5.62. The highest BCUT2D eigenvalue weighted by molar-refractivity contribution is 5.69. The third-order valence-corrected chi connectivity index (χ3v) is 2.31. The van der Waals surface area contributed by atoms with E-state index in [9.17, 15) is 9.18 Å². The molecule has 0 unspecified atom stereocenters. The van der Waals surface area contributed by atoms with Crippen molar-refractivity contribution in [3.8, 4) is 0 Å². The number of carbonyl (C=O) groups is 1. The van der Waals surface area contributed by atoms with E-state index < -0.39 is 0 Å². The lowest BCUT2D eigenvalue weighted by Gasteiger charge is -2.02. The fourth-order valence-electron chi connectivity index (χ4n) is 1.48. The summed E-state index contributed by atoms with van der Waals surface area (Å²) >= 11 is 0. The topological polar surface area (TPSA) is 26.3 Å². The van der Waals surface area contributed by atoms with Gasteiger partial charge < -0.3 is 4.74 Å². The Labute approximate surface area is 95.4 Å². The van der Waals surface area contributed by atoms with E-state index in [-0.39, 0.29) is 11.8 Å². The Morgan fingerprint density at radius 2 is 1.94 bits per heavy atom. The van der Waals surface area contributed by atoms with Gasteiger partial charge in [0.1, 0.15) is 5.82 Å². The van der Waals surface area contributed by atoms with Gasteiger partial charge in [0.25, 0.3) is 0 Å². The minimum atomic E-state index is -0.213. The number of benzene rings is 1. The van der Waals surface area contributed by atoms with Crippen LogP contribution in [0, 0.1) is 5.82 Å². The van der Waals surface area contributed by atoms with E-state index in [4.69, 9.17) is 4.74 Å². The second-order valence-electron chi connectivity index (χ2n) is 3.64. The van der Waals surface area contributed by atoms with Crippen molar-refractivity contribution in [3.63, 3.8) is 0 Å². The summed E-state index contributed by atoms with van der Waals surface area (Å²) in [6, 6.07) is 6.47. The second kappa shape index (κ2) is 6.99. The molecule has 2 nitrogen and oxygen atoms in total. The summed E-state index contributed by atoms with van der Waals surface area (Å²) in [4.78, 5) is 11.0. The predicted octanol–water partition coefficient (Wildman–Crippen LogP) is 3.10. The number of aryl methyl sites for hydroxylation is 1. The molecule has 0 aliphatic heterocycles. The lowest BCUT2D eigenvalue weighted by Crippen LogP contribution is -2.03. The van der Waals surface area contributed by atoms with Gasteiger partial charge in [-0.15, -0.1) is 0 Å². The van der Waals surface area contributed by atoms with Crippen LogP contribution < -0.4 is 0 Å². The number of halogens is 1. The fraction of sp³-hybridized carbons (Fsp3) is 0.462. The van der Waals surface area contributed by atoms with Crippen LogP contribution in [-0.4, -0.2) is 12.6 Å². The van der Waals surface area contributed by atoms with Gasteiger partial charge in [-0.25, -0.2) is 4.39 Å². The predicted molar refractivity (Wildman–Crippen MR) is 60.6 cm³/mol. The molecular formula is C13H17FO2. The van der Waals surface area contributed by atoms with Crippen LogP contribution in [0.4, 0.5) is 4.39 Å². The van der Waals surface area contributed by atoms with Crippen molar-refractivity contribution in [3.05, 3.63) is 35.6 Å². The Morgan fingerprint density at radius 1 is 1.25 bits per heavy atom. The van der Waals surface area contributed by atoms with Crippen molar-refractivity contribution in [1.82, 2.24) is 0 Å². The van der Waals surface area contributed by atoms with Gasteiger partial charge in [0, 0.05) is 6.42 Å². The summed E-state index contributed by atoms with van der Waals surface area (Å²) in [7, 11) is 0. The highest BCUT2D eigenvalue weighted by Gasteiger charge is 2.01. The highest BCUT2D eigenvalue weighted by atomic mass is 19.1. The van der Waals surface area contributed by atoms with Gasteiger partial charge in [0.15, 0.2) is 0 Å². The molecule has 0 saturated heterocycles. The van der Waals surface area contributed by atoms with E-state index in [1.54, 1.807) is 19.1 Å². The van der Waals surface area contributed by atoms with Crippen molar-refractivity contribution < 1.29 is 13.9 Å². The van der Waals surface area contributed by atoms with Crippen molar-refractivity contribution in [1.29, 1.82) is 0 Å². The van der Waals surface area contributed by atoms with E-state index in [0.29, 0.717) is 13.0 Å². The molecule has 0 spiro atoms. The van der Waals surface area contributed by atoms with Crippen LogP contribution in [0.15, 0.2) is 24.3 Å². The fourth-order valence-corrected chi connectivity index (χ4v) is 1.48. The number of ether oxygens (including phenoxy) is 1. The van der Waals surface area contributed by atoms with Crippen LogP contribution in [0.2, 0.25) is 0 Å². The standard InChI is InChI=1S/C13H17FO2/c1-2-16-13(15)6-4-3-5-11-7-9-12(14)10-8-11/h7-10H,2-6H2,1H3. The second-order valence-corrected chi connectivity index (χ2v) is 3.64. The Balaban J connectivity index is 2.16. The first kappa shape index (κ1) is 12.7. The van der Waals surface area contributed by atoms with E-state index in [1.165, 1.54) is 12.1 Å². The van der Waals surface area contributed by atoms with Crippen LogP contribution in [0.25, 0.3) is 0 Å². The van der Waals surface area contributed by atoms with Crippen molar-refractivity contribution >= 4 is 5.97 Å². The van der Waals surface area contributed by atoms with E-state index >= 15 is 0 Å². The molecule has 0 saturated carbocycles. The molecule has 0 heterocycles. The molecule has 0 N–H and O–H groups in total. The molecule has 0 amide bonds. The monoisotopic (exact) mass is 224 g/mol. The molecule has 16 heavy (non-hydrogen) atoms. The number of hydrogen-bond acceptors (Lipinski definition) is 2. The van der Waals surface area contributed by atoms with Gasteiger partial charge in [-0.3, -0.25) is 4.79 Å². The van der Waals surface area contributed by atoms with Crippen molar-refractivity contribution in [2.24, 2.45) is 0 Å². The third-order valence-electron chi connectivity index (χ3n) is 2.31. The van der Waals surface area contributed by atoms with Crippen LogP contribution in [0.1, 0.15) is 31.7 Å². The SMILES string of the molecule is CCOC(=O)CCCCc1ccc(F)cc1. The molecule has 1 aromatic carbocycles. The zero-order chi connectivity index (χ0) is 11.8. The van der Waals surface area contributed by atoms with Gasteiger partial charge in [0.2, 0.25) is 0 Å².